The van der Waals surface area contributed by atoms with Crippen LogP contribution in [0.5, 0.6) is 0 Å². The number of unbranched alkanes of at least 4 members (excludes halogenated alkanes) is 3. The lowest BCUT2D eigenvalue weighted by Crippen LogP contribution is -2.20. The first-order valence-electron chi connectivity index (χ1n) is 9.81. The molecule has 0 saturated heterocycles. The van der Waals surface area contributed by atoms with Crippen molar-refractivity contribution in [3.63, 3.8) is 0 Å². The van der Waals surface area contributed by atoms with Gasteiger partial charge in [0.05, 0.1) is 18.3 Å². The molecule has 0 fully saturated rings. The van der Waals surface area contributed by atoms with Crippen LogP contribution in [0.1, 0.15) is 53.4 Å². The maximum Gasteiger partial charge on any atom is 0.348 e. The fourth-order valence-corrected chi connectivity index (χ4v) is 4.23. The molecule has 0 atom stereocenters. The largest absolute Gasteiger partial charge is 0.461 e. The SMILES string of the molecule is CCCCCCn1cnc2sc(C(=O)OCCc3ccccc3)c(C)c2c1=O. The Kier molecular flexibility index (Phi) is 6.98. The number of esters is 1. The van der Waals surface area contributed by atoms with E-state index in [0.29, 0.717) is 40.2 Å². The van der Waals surface area contributed by atoms with Crippen molar-refractivity contribution in [1.29, 1.82) is 0 Å². The van der Waals surface area contributed by atoms with Crippen LogP contribution in [-0.2, 0) is 17.7 Å². The Morgan fingerprint density at radius 2 is 1.96 bits per heavy atom. The van der Waals surface area contributed by atoms with E-state index in [9.17, 15) is 9.59 Å². The van der Waals surface area contributed by atoms with E-state index in [0.717, 1.165) is 24.8 Å². The zero-order valence-electron chi connectivity index (χ0n) is 16.4. The minimum Gasteiger partial charge on any atom is -0.461 e. The monoisotopic (exact) mass is 398 g/mol. The molecule has 0 amide bonds. The number of thiophene rings is 1. The van der Waals surface area contributed by atoms with Gasteiger partial charge in [0.1, 0.15) is 9.71 Å². The van der Waals surface area contributed by atoms with Gasteiger partial charge in [-0.25, -0.2) is 9.78 Å². The Labute approximate surface area is 169 Å². The Bertz CT molecular complexity index is 992. The van der Waals surface area contributed by atoms with Crippen molar-refractivity contribution in [1.82, 2.24) is 9.55 Å². The van der Waals surface area contributed by atoms with Crippen molar-refractivity contribution < 1.29 is 9.53 Å². The summed E-state index contributed by atoms with van der Waals surface area (Å²) in [6, 6.07) is 9.90. The summed E-state index contributed by atoms with van der Waals surface area (Å²) in [5.41, 5.74) is 1.72. The first-order valence-corrected chi connectivity index (χ1v) is 10.6. The number of aryl methyl sites for hydroxylation is 2. The van der Waals surface area contributed by atoms with E-state index in [2.05, 4.69) is 11.9 Å². The molecule has 0 spiro atoms. The van der Waals surface area contributed by atoms with Crippen LogP contribution >= 0.6 is 11.3 Å². The highest BCUT2D eigenvalue weighted by Crippen LogP contribution is 2.27. The van der Waals surface area contributed by atoms with E-state index in [-0.39, 0.29) is 11.5 Å². The molecular formula is C22H26N2O3S. The Hall–Kier alpha value is -2.47. The number of hydrogen-bond acceptors (Lipinski definition) is 5. The third-order valence-electron chi connectivity index (χ3n) is 4.82. The summed E-state index contributed by atoms with van der Waals surface area (Å²) in [5, 5.41) is 0.540. The number of aromatic nitrogens is 2. The zero-order valence-corrected chi connectivity index (χ0v) is 17.3. The minimum atomic E-state index is -0.384. The van der Waals surface area contributed by atoms with Crippen LogP contribution in [0.3, 0.4) is 0 Å². The first-order chi connectivity index (χ1) is 13.6. The molecule has 0 radical (unpaired) electrons. The second kappa shape index (κ2) is 9.64. The van der Waals surface area contributed by atoms with Crippen LogP contribution in [0, 0.1) is 6.92 Å². The Morgan fingerprint density at radius 1 is 1.18 bits per heavy atom. The summed E-state index contributed by atoms with van der Waals surface area (Å²) in [6.45, 7) is 4.94. The summed E-state index contributed by atoms with van der Waals surface area (Å²) < 4.78 is 7.09. The van der Waals surface area contributed by atoms with Gasteiger partial charge in [-0.05, 0) is 24.5 Å². The Balaban J connectivity index is 1.71. The summed E-state index contributed by atoms with van der Waals surface area (Å²) in [7, 11) is 0. The topological polar surface area (TPSA) is 61.2 Å². The molecule has 5 nitrogen and oxygen atoms in total. The van der Waals surface area contributed by atoms with E-state index in [1.165, 1.54) is 17.8 Å². The van der Waals surface area contributed by atoms with E-state index in [4.69, 9.17) is 4.74 Å². The molecule has 0 aliphatic rings. The molecule has 148 valence electrons. The third-order valence-corrected chi connectivity index (χ3v) is 6.00. The first kappa shape index (κ1) is 20.3. The normalized spacial score (nSPS) is 11.1. The molecule has 0 bridgehead atoms. The van der Waals surface area contributed by atoms with Gasteiger partial charge in [0, 0.05) is 13.0 Å². The maximum atomic E-state index is 12.8. The molecule has 0 aliphatic carbocycles. The summed E-state index contributed by atoms with van der Waals surface area (Å²) in [4.78, 5) is 30.8. The fourth-order valence-electron chi connectivity index (χ4n) is 3.19. The smallest absolute Gasteiger partial charge is 0.348 e. The molecule has 0 saturated carbocycles. The average Bonchev–Trinajstić information content (AvgIpc) is 3.05. The van der Waals surface area contributed by atoms with Gasteiger partial charge in [0.15, 0.2) is 0 Å². The molecule has 1 aromatic carbocycles. The molecule has 6 heteroatoms. The molecule has 2 heterocycles. The molecular weight excluding hydrogens is 372 g/mol. The molecule has 2 aromatic heterocycles. The lowest BCUT2D eigenvalue weighted by Gasteiger charge is -2.05. The number of hydrogen-bond donors (Lipinski definition) is 0. The predicted octanol–water partition coefficient (Wildman–Crippen LogP) is 4.75. The van der Waals surface area contributed by atoms with Gasteiger partial charge in [-0.1, -0.05) is 56.5 Å². The van der Waals surface area contributed by atoms with Crippen LogP contribution in [0.2, 0.25) is 0 Å². The van der Waals surface area contributed by atoms with Crippen molar-refractivity contribution in [2.24, 2.45) is 0 Å². The number of fused-ring (bicyclic) bond motifs is 1. The maximum absolute atomic E-state index is 12.8. The predicted molar refractivity (Wildman–Crippen MR) is 113 cm³/mol. The number of benzene rings is 1. The highest BCUT2D eigenvalue weighted by atomic mass is 32.1. The van der Waals surface area contributed by atoms with Crippen LogP contribution in [-0.4, -0.2) is 22.1 Å². The zero-order chi connectivity index (χ0) is 19.9. The lowest BCUT2D eigenvalue weighted by molar-refractivity contribution is 0.0514. The molecule has 0 aliphatic heterocycles. The van der Waals surface area contributed by atoms with E-state index >= 15 is 0 Å². The van der Waals surface area contributed by atoms with Crippen LogP contribution in [0.4, 0.5) is 0 Å². The van der Waals surface area contributed by atoms with Crippen LogP contribution < -0.4 is 5.56 Å². The molecule has 28 heavy (non-hydrogen) atoms. The van der Waals surface area contributed by atoms with Crippen molar-refractivity contribution in [3.05, 3.63) is 63.0 Å². The van der Waals surface area contributed by atoms with E-state index in [1.54, 1.807) is 17.8 Å². The summed E-state index contributed by atoms with van der Waals surface area (Å²) >= 11 is 1.23. The van der Waals surface area contributed by atoms with Gasteiger partial charge < -0.3 is 4.74 Å². The van der Waals surface area contributed by atoms with Crippen molar-refractivity contribution in [3.8, 4) is 0 Å². The minimum absolute atomic E-state index is 0.0708. The quantitative estimate of drug-likeness (QED) is 0.386. The second-order valence-corrected chi connectivity index (χ2v) is 7.91. The number of nitrogens with zero attached hydrogens (tertiary/aromatic N) is 2. The summed E-state index contributed by atoms with van der Waals surface area (Å²) in [6.07, 6.45) is 6.64. The van der Waals surface area contributed by atoms with Crippen LogP contribution in [0.15, 0.2) is 41.5 Å². The number of ether oxygens (including phenoxy) is 1. The number of rotatable bonds is 9. The summed E-state index contributed by atoms with van der Waals surface area (Å²) in [5.74, 6) is -0.384. The average molecular weight is 399 g/mol. The number of carbonyl (C=O) groups is 1. The Morgan fingerprint density at radius 3 is 2.71 bits per heavy atom. The molecule has 0 unspecified atom stereocenters. The van der Waals surface area contributed by atoms with Crippen molar-refractivity contribution in [2.45, 2.75) is 52.5 Å². The highest BCUT2D eigenvalue weighted by molar-refractivity contribution is 7.20. The molecule has 3 rings (SSSR count). The second-order valence-electron chi connectivity index (χ2n) is 6.91. The van der Waals surface area contributed by atoms with E-state index in [1.807, 2.05) is 30.3 Å². The molecule has 0 N–H and O–H groups in total. The van der Waals surface area contributed by atoms with Gasteiger partial charge in [0.2, 0.25) is 0 Å². The lowest BCUT2D eigenvalue weighted by atomic mass is 10.2. The van der Waals surface area contributed by atoms with E-state index < -0.39 is 0 Å². The number of carbonyl (C=O) groups excluding carboxylic acids is 1. The molecule has 3 aromatic rings. The van der Waals surface area contributed by atoms with Gasteiger partial charge in [-0.2, -0.15) is 0 Å². The highest BCUT2D eigenvalue weighted by Gasteiger charge is 2.20. The van der Waals surface area contributed by atoms with Gasteiger partial charge in [0.25, 0.3) is 5.56 Å². The van der Waals surface area contributed by atoms with Gasteiger partial charge in [-0.15, -0.1) is 11.3 Å². The fraction of sp³-hybridized carbons (Fsp3) is 0.409. The van der Waals surface area contributed by atoms with Crippen molar-refractivity contribution >= 4 is 27.5 Å². The van der Waals surface area contributed by atoms with Crippen LogP contribution in [0.25, 0.3) is 10.2 Å². The third kappa shape index (κ3) is 4.68. The van der Waals surface area contributed by atoms with Crippen molar-refractivity contribution in [2.75, 3.05) is 6.61 Å². The van der Waals surface area contributed by atoms with Gasteiger partial charge >= 0.3 is 5.97 Å². The van der Waals surface area contributed by atoms with Gasteiger partial charge in [-0.3, -0.25) is 9.36 Å². The standard InChI is InChI=1S/C22H26N2O3S/c1-3-4-5-9-13-24-15-23-20-18(21(24)25)16(2)19(28-20)22(26)27-14-12-17-10-7-6-8-11-17/h6-8,10-11,15H,3-5,9,12-14H2,1-2H3.